The molecule has 3 saturated carbocycles. The first-order chi connectivity index (χ1) is 13.3. The summed E-state index contributed by atoms with van der Waals surface area (Å²) in [6.45, 7) is 7.46. The van der Waals surface area contributed by atoms with Crippen LogP contribution in [0.5, 0.6) is 0 Å². The maximum Gasteiger partial charge on any atom is 0.305 e. The van der Waals surface area contributed by atoms with Crippen molar-refractivity contribution in [3.05, 3.63) is 11.6 Å². The first kappa shape index (κ1) is 20.4. The highest BCUT2D eigenvalue weighted by molar-refractivity contribution is 5.69. The van der Waals surface area contributed by atoms with Crippen LogP contribution in [-0.4, -0.2) is 24.3 Å². The fourth-order valence-electron chi connectivity index (χ4n) is 8.27. The predicted molar refractivity (Wildman–Crippen MR) is 112 cm³/mol. The first-order valence-electron chi connectivity index (χ1n) is 11.7. The van der Waals surface area contributed by atoms with Gasteiger partial charge in [0.05, 0.1) is 13.2 Å². The predicted octanol–water partition coefficient (Wildman–Crippen LogP) is 5.52. The Morgan fingerprint density at radius 3 is 2.75 bits per heavy atom. The molecule has 158 valence electrons. The summed E-state index contributed by atoms with van der Waals surface area (Å²) in [4.78, 5) is 11.6. The van der Waals surface area contributed by atoms with Crippen molar-refractivity contribution in [1.29, 1.82) is 0 Å². The summed E-state index contributed by atoms with van der Waals surface area (Å²) < 4.78 is 4.87. The van der Waals surface area contributed by atoms with Crippen molar-refractivity contribution in [2.75, 3.05) is 7.11 Å². The van der Waals surface area contributed by atoms with Gasteiger partial charge in [0.1, 0.15) is 0 Å². The van der Waals surface area contributed by atoms with E-state index in [2.05, 4.69) is 26.8 Å². The van der Waals surface area contributed by atoms with E-state index in [0.29, 0.717) is 23.2 Å². The van der Waals surface area contributed by atoms with E-state index < -0.39 is 0 Å². The molecule has 3 heteroatoms. The summed E-state index contributed by atoms with van der Waals surface area (Å²) in [5.41, 5.74) is 2.34. The number of aliphatic hydroxyl groups is 1. The van der Waals surface area contributed by atoms with Crippen molar-refractivity contribution < 1.29 is 14.6 Å². The molecule has 8 atom stereocenters. The molecule has 0 saturated heterocycles. The fraction of sp³-hybridized carbons (Fsp3) is 0.880. The number of carbonyl (C=O) groups excluding carboxylic acids is 1. The second-order valence-corrected chi connectivity index (χ2v) is 11.0. The van der Waals surface area contributed by atoms with Gasteiger partial charge in [-0.2, -0.15) is 0 Å². The standard InChI is InChI=1S/C25H40O3/c1-16(5-10-23(27)28-4)20-8-9-21-19-7-6-17-15-18(26)11-13-24(17,2)22(19)12-14-25(20,21)3/h6,16,18-22,26H,5,7-15H2,1-4H3/t16-,18-,19-,20-,21+,22-,24-,25+/m0/s1. The number of rotatable bonds is 4. The van der Waals surface area contributed by atoms with Gasteiger partial charge in [-0.1, -0.05) is 32.4 Å². The summed E-state index contributed by atoms with van der Waals surface area (Å²) >= 11 is 0. The number of hydrogen-bond acceptors (Lipinski definition) is 3. The fourth-order valence-corrected chi connectivity index (χ4v) is 8.27. The van der Waals surface area contributed by atoms with Crippen LogP contribution >= 0.6 is 0 Å². The Labute approximate surface area is 171 Å². The van der Waals surface area contributed by atoms with E-state index in [1.54, 1.807) is 5.57 Å². The Morgan fingerprint density at radius 1 is 1.21 bits per heavy atom. The van der Waals surface area contributed by atoms with Gasteiger partial charge in [-0.3, -0.25) is 4.79 Å². The third-order valence-corrected chi connectivity index (χ3v) is 9.87. The minimum Gasteiger partial charge on any atom is -0.469 e. The zero-order valence-electron chi connectivity index (χ0n) is 18.4. The quantitative estimate of drug-likeness (QED) is 0.510. The Hall–Kier alpha value is -0.830. The van der Waals surface area contributed by atoms with Crippen molar-refractivity contribution in [2.24, 2.45) is 40.4 Å². The first-order valence-corrected chi connectivity index (χ1v) is 11.7. The van der Waals surface area contributed by atoms with Gasteiger partial charge in [-0.15, -0.1) is 0 Å². The highest BCUT2D eigenvalue weighted by atomic mass is 16.5. The Balaban J connectivity index is 1.51. The van der Waals surface area contributed by atoms with Gasteiger partial charge in [0.15, 0.2) is 0 Å². The van der Waals surface area contributed by atoms with Gasteiger partial charge in [0.2, 0.25) is 0 Å². The average Bonchev–Trinajstić information content (AvgIpc) is 3.03. The van der Waals surface area contributed by atoms with E-state index in [0.717, 1.165) is 42.9 Å². The van der Waals surface area contributed by atoms with Crippen molar-refractivity contribution in [3.8, 4) is 0 Å². The SMILES string of the molecule is COC(=O)CC[C@H](C)[C@@H]1CC[C@@H]2[C@@H]3CC=C4C[C@@H](O)CC[C@]4(C)[C@H]3CC[C@@]21C. The lowest BCUT2D eigenvalue weighted by Crippen LogP contribution is -2.50. The lowest BCUT2D eigenvalue weighted by atomic mass is 9.47. The summed E-state index contributed by atoms with van der Waals surface area (Å²) in [7, 11) is 1.50. The number of allylic oxidation sites excluding steroid dienone is 1. The topological polar surface area (TPSA) is 46.5 Å². The number of methoxy groups -OCH3 is 1. The molecule has 0 spiro atoms. The maximum absolute atomic E-state index is 11.6. The highest BCUT2D eigenvalue weighted by Crippen LogP contribution is 2.67. The number of fused-ring (bicyclic) bond motifs is 5. The molecule has 0 aromatic heterocycles. The van der Waals surface area contributed by atoms with Crippen LogP contribution in [-0.2, 0) is 9.53 Å². The van der Waals surface area contributed by atoms with Crippen molar-refractivity contribution in [3.63, 3.8) is 0 Å². The molecule has 3 fully saturated rings. The van der Waals surface area contributed by atoms with E-state index in [-0.39, 0.29) is 12.1 Å². The van der Waals surface area contributed by atoms with Gasteiger partial charge in [0.25, 0.3) is 0 Å². The molecule has 28 heavy (non-hydrogen) atoms. The van der Waals surface area contributed by atoms with Crippen molar-refractivity contribution in [2.45, 2.75) is 91.1 Å². The molecule has 4 rings (SSSR count). The molecule has 0 aliphatic heterocycles. The van der Waals surface area contributed by atoms with Crippen LogP contribution in [0.2, 0.25) is 0 Å². The Kier molecular flexibility index (Phi) is 5.44. The van der Waals surface area contributed by atoms with Gasteiger partial charge in [-0.25, -0.2) is 0 Å². The molecule has 0 aromatic carbocycles. The lowest BCUT2D eigenvalue weighted by Gasteiger charge is -2.58. The van der Waals surface area contributed by atoms with E-state index in [4.69, 9.17) is 4.74 Å². The molecule has 0 bridgehead atoms. The van der Waals surface area contributed by atoms with Crippen LogP contribution < -0.4 is 0 Å². The summed E-state index contributed by atoms with van der Waals surface area (Å²) in [6.07, 6.45) is 13.6. The summed E-state index contributed by atoms with van der Waals surface area (Å²) in [6, 6.07) is 0. The smallest absolute Gasteiger partial charge is 0.305 e. The molecule has 0 amide bonds. The van der Waals surface area contributed by atoms with Gasteiger partial charge >= 0.3 is 5.97 Å². The molecule has 3 nitrogen and oxygen atoms in total. The molecule has 0 heterocycles. The van der Waals surface area contributed by atoms with Crippen LogP contribution in [0, 0.1) is 40.4 Å². The molecular weight excluding hydrogens is 348 g/mol. The van der Waals surface area contributed by atoms with E-state index >= 15 is 0 Å². The number of carbonyl (C=O) groups is 1. The van der Waals surface area contributed by atoms with Crippen molar-refractivity contribution in [1.82, 2.24) is 0 Å². The van der Waals surface area contributed by atoms with E-state index in [9.17, 15) is 9.90 Å². The molecule has 1 N–H and O–H groups in total. The molecule has 0 aromatic rings. The third kappa shape index (κ3) is 3.16. The van der Waals surface area contributed by atoms with Gasteiger partial charge < -0.3 is 9.84 Å². The summed E-state index contributed by atoms with van der Waals surface area (Å²) in [5, 5.41) is 10.2. The zero-order chi connectivity index (χ0) is 20.1. The number of ether oxygens (including phenoxy) is 1. The second-order valence-electron chi connectivity index (χ2n) is 11.0. The van der Waals surface area contributed by atoms with Crippen LogP contribution in [0.1, 0.15) is 85.0 Å². The average molecular weight is 389 g/mol. The molecule has 4 aliphatic rings. The minimum atomic E-state index is -0.115. The number of hydrogen-bond donors (Lipinski definition) is 1. The monoisotopic (exact) mass is 388 g/mol. The lowest BCUT2D eigenvalue weighted by molar-refractivity contribution is -0.141. The van der Waals surface area contributed by atoms with Crippen molar-refractivity contribution >= 4 is 5.97 Å². The second kappa shape index (κ2) is 7.45. The van der Waals surface area contributed by atoms with Crippen LogP contribution in [0.3, 0.4) is 0 Å². The van der Waals surface area contributed by atoms with Crippen LogP contribution in [0.15, 0.2) is 11.6 Å². The van der Waals surface area contributed by atoms with Gasteiger partial charge in [0, 0.05) is 6.42 Å². The largest absolute Gasteiger partial charge is 0.469 e. The Bertz CT molecular complexity index is 640. The molecule has 0 radical (unpaired) electrons. The number of esters is 1. The zero-order valence-corrected chi connectivity index (χ0v) is 18.4. The van der Waals surface area contributed by atoms with Crippen LogP contribution in [0.4, 0.5) is 0 Å². The third-order valence-electron chi connectivity index (χ3n) is 9.87. The summed E-state index contributed by atoms with van der Waals surface area (Å²) in [5.74, 6) is 3.74. The van der Waals surface area contributed by atoms with E-state index in [1.165, 1.54) is 45.6 Å². The maximum atomic E-state index is 11.6. The molecular formula is C25H40O3. The molecule has 4 aliphatic carbocycles. The van der Waals surface area contributed by atoms with E-state index in [1.807, 2.05) is 0 Å². The highest BCUT2D eigenvalue weighted by Gasteiger charge is 2.59. The minimum absolute atomic E-state index is 0.0624. The van der Waals surface area contributed by atoms with Gasteiger partial charge in [-0.05, 0) is 98.2 Å². The van der Waals surface area contributed by atoms with Crippen LogP contribution in [0.25, 0.3) is 0 Å². The Morgan fingerprint density at radius 2 is 2.00 bits per heavy atom. The normalized spacial score (nSPS) is 46.0. The molecule has 0 unspecified atom stereocenters. The number of aliphatic hydroxyl groups excluding tert-OH is 1.